The summed E-state index contributed by atoms with van der Waals surface area (Å²) in [6.07, 6.45) is 3.58. The Bertz CT molecular complexity index is 576. The van der Waals surface area contributed by atoms with E-state index in [1.807, 2.05) is 24.4 Å². The van der Waals surface area contributed by atoms with E-state index < -0.39 is 12.3 Å². The molecule has 1 heterocycles. The van der Waals surface area contributed by atoms with Crippen molar-refractivity contribution in [2.24, 2.45) is 4.99 Å². The van der Waals surface area contributed by atoms with E-state index >= 15 is 0 Å². The zero-order valence-corrected chi connectivity index (χ0v) is 16.7. The topological polar surface area (TPSA) is 25.2 Å². The number of aliphatic imine (C=N–C) groups is 1. The second-order valence-electron chi connectivity index (χ2n) is 4.45. The molecule has 22 heavy (non-hydrogen) atoms. The molecule has 0 saturated heterocycles. The van der Waals surface area contributed by atoms with E-state index in [-0.39, 0.29) is 7.43 Å². The van der Waals surface area contributed by atoms with Gasteiger partial charge in [0.05, 0.1) is 17.6 Å². The molecule has 0 spiro atoms. The van der Waals surface area contributed by atoms with E-state index in [0.717, 1.165) is 11.4 Å². The van der Waals surface area contributed by atoms with Crippen molar-refractivity contribution in [2.45, 2.75) is 20.8 Å². The number of halogens is 3. The standard InChI is InChI=1S/C15H16N2.CH3.3ClH.V/c1-11-8-12(2)15(13(3)9-11)17-10-14-6-4-5-7-16-14;;;;;/h4-10H,1-3H3;1H3;3*1H;/q;-1;;;;+3/p-3. The minimum atomic E-state index is -1.77. The van der Waals surface area contributed by atoms with Crippen molar-refractivity contribution in [3.05, 3.63) is 66.3 Å². The molecule has 2 rings (SSSR count). The fourth-order valence-electron chi connectivity index (χ4n) is 1.96. The number of aromatic nitrogens is 1. The van der Waals surface area contributed by atoms with Gasteiger partial charge in [0.2, 0.25) is 0 Å². The molecule has 2 aromatic rings. The summed E-state index contributed by atoms with van der Waals surface area (Å²) < 4.78 is 0. The summed E-state index contributed by atoms with van der Waals surface area (Å²) in [5.74, 6) is 0. The van der Waals surface area contributed by atoms with Crippen molar-refractivity contribution >= 4 is 41.4 Å². The predicted molar refractivity (Wildman–Crippen MR) is 96.1 cm³/mol. The van der Waals surface area contributed by atoms with Gasteiger partial charge < -0.3 is 7.43 Å². The SMILES string of the molecule is Cc1cc(C)c(N=Cc2ccccn2)c(C)c1.[CH3-].[Cl][V]([Cl])[Cl]. The van der Waals surface area contributed by atoms with E-state index in [4.69, 9.17) is 29.5 Å². The third kappa shape index (κ3) is 8.21. The molecule has 1 aromatic heterocycles. The predicted octanol–water partition coefficient (Wildman–Crippen LogP) is 6.27. The molecule has 0 aliphatic carbocycles. The Morgan fingerprint density at radius 3 is 2.05 bits per heavy atom. The molecule has 2 nitrogen and oxygen atoms in total. The van der Waals surface area contributed by atoms with Gasteiger partial charge in [-0.3, -0.25) is 9.98 Å². The summed E-state index contributed by atoms with van der Waals surface area (Å²) in [5, 5.41) is 0. The number of aryl methyl sites for hydroxylation is 3. The van der Waals surface area contributed by atoms with E-state index in [1.54, 1.807) is 6.20 Å². The Kier molecular flexibility index (Phi) is 10.8. The van der Waals surface area contributed by atoms with Crippen LogP contribution in [0, 0.1) is 28.2 Å². The zero-order chi connectivity index (χ0) is 15.8. The molecule has 0 atom stereocenters. The third-order valence-electron chi connectivity index (χ3n) is 2.65. The summed E-state index contributed by atoms with van der Waals surface area (Å²) in [6, 6.07) is 10.1. The Labute approximate surface area is 150 Å². The molecule has 0 aliphatic rings. The van der Waals surface area contributed by atoms with Gasteiger partial charge in [0.1, 0.15) is 0 Å². The third-order valence-corrected chi connectivity index (χ3v) is 2.65. The number of hydrogen-bond donors (Lipinski definition) is 0. The van der Waals surface area contributed by atoms with Crippen molar-refractivity contribution in [2.75, 3.05) is 0 Å². The van der Waals surface area contributed by atoms with Gasteiger partial charge in [-0.15, -0.1) is 0 Å². The number of nitrogens with zero attached hydrogens (tertiary/aromatic N) is 2. The van der Waals surface area contributed by atoms with Crippen LogP contribution < -0.4 is 0 Å². The number of benzene rings is 1. The van der Waals surface area contributed by atoms with Crippen LogP contribution in [-0.4, -0.2) is 11.2 Å². The second kappa shape index (κ2) is 11.1. The molecular formula is C16H19Cl3N2V-. The van der Waals surface area contributed by atoms with Crippen molar-refractivity contribution in [3.63, 3.8) is 0 Å². The maximum atomic E-state index is 4.95. The van der Waals surface area contributed by atoms with Crippen molar-refractivity contribution in [1.82, 2.24) is 4.98 Å². The molecule has 0 amide bonds. The number of hydrogen-bond acceptors (Lipinski definition) is 2. The molecule has 0 saturated carbocycles. The quantitative estimate of drug-likeness (QED) is 0.433. The molecule has 0 unspecified atom stereocenters. The summed E-state index contributed by atoms with van der Waals surface area (Å²) in [6.45, 7) is 6.28. The first kappa shape index (κ1) is 21.5. The average Bonchev–Trinajstić information content (AvgIpc) is 2.38. The van der Waals surface area contributed by atoms with Crippen LogP contribution in [0.25, 0.3) is 0 Å². The molecule has 0 N–H and O–H groups in total. The van der Waals surface area contributed by atoms with Crippen LogP contribution in [0.5, 0.6) is 0 Å². The number of pyridine rings is 1. The van der Waals surface area contributed by atoms with Gasteiger partial charge in [-0.05, 0) is 44.0 Å². The summed E-state index contributed by atoms with van der Waals surface area (Å²) >= 11 is -1.77. The van der Waals surface area contributed by atoms with Gasteiger partial charge in [-0.25, -0.2) is 0 Å². The Hall–Kier alpha value is -0.506. The number of rotatable bonds is 2. The second-order valence-corrected chi connectivity index (χ2v) is 11.4. The van der Waals surface area contributed by atoms with Gasteiger partial charge in [-0.2, -0.15) is 0 Å². The van der Waals surface area contributed by atoms with E-state index in [9.17, 15) is 0 Å². The molecule has 0 fully saturated rings. The van der Waals surface area contributed by atoms with E-state index in [0.29, 0.717) is 0 Å². The van der Waals surface area contributed by atoms with Crippen molar-refractivity contribution < 1.29 is 12.3 Å². The molecule has 0 aliphatic heterocycles. The van der Waals surface area contributed by atoms with E-state index in [2.05, 4.69) is 42.9 Å². The molecule has 120 valence electrons. The summed E-state index contributed by atoms with van der Waals surface area (Å²) in [4.78, 5) is 8.75. The van der Waals surface area contributed by atoms with Crippen LogP contribution >= 0.6 is 29.5 Å². The van der Waals surface area contributed by atoms with Crippen LogP contribution in [0.1, 0.15) is 22.4 Å². The summed E-state index contributed by atoms with van der Waals surface area (Å²) in [5.41, 5.74) is 5.61. The zero-order valence-electron chi connectivity index (χ0n) is 13.0. The van der Waals surface area contributed by atoms with Crippen LogP contribution in [-0.2, 0) is 12.3 Å². The monoisotopic (exact) mass is 395 g/mol. The maximum absolute atomic E-state index is 4.95. The first-order valence-corrected chi connectivity index (χ1v) is 12.0. The van der Waals surface area contributed by atoms with Gasteiger partial charge in [0, 0.05) is 6.20 Å². The Morgan fingerprint density at radius 2 is 1.59 bits per heavy atom. The molecule has 0 radical (unpaired) electrons. The van der Waals surface area contributed by atoms with Crippen molar-refractivity contribution in [3.8, 4) is 0 Å². The molecule has 0 bridgehead atoms. The Balaban J connectivity index is 0.000000791. The van der Waals surface area contributed by atoms with Crippen molar-refractivity contribution in [1.29, 1.82) is 0 Å². The average molecular weight is 397 g/mol. The van der Waals surface area contributed by atoms with E-state index in [1.165, 1.54) is 16.7 Å². The first-order valence-electron chi connectivity index (χ1n) is 6.20. The van der Waals surface area contributed by atoms with Crippen LogP contribution in [0.15, 0.2) is 41.5 Å². The first-order chi connectivity index (χ1) is 9.90. The Morgan fingerprint density at radius 1 is 1.05 bits per heavy atom. The normalized spacial score (nSPS) is 10.1. The van der Waals surface area contributed by atoms with Gasteiger partial charge in [0.15, 0.2) is 0 Å². The fraction of sp³-hybridized carbons (Fsp3) is 0.188. The van der Waals surface area contributed by atoms with Gasteiger partial charge in [0.25, 0.3) is 0 Å². The van der Waals surface area contributed by atoms with Crippen LogP contribution in [0.4, 0.5) is 5.69 Å². The summed E-state index contributed by atoms with van der Waals surface area (Å²) in [7, 11) is 14.9. The molecule has 1 aromatic carbocycles. The molecular weight excluding hydrogens is 377 g/mol. The fourth-order valence-corrected chi connectivity index (χ4v) is 1.96. The van der Waals surface area contributed by atoms with Gasteiger partial charge >= 0.3 is 41.8 Å². The van der Waals surface area contributed by atoms with Crippen LogP contribution in [0.2, 0.25) is 0 Å². The van der Waals surface area contributed by atoms with Gasteiger partial charge in [-0.1, -0.05) is 23.8 Å². The minimum absolute atomic E-state index is 0. The molecule has 6 heteroatoms. The van der Waals surface area contributed by atoms with Crippen LogP contribution in [0.3, 0.4) is 0 Å².